The summed E-state index contributed by atoms with van der Waals surface area (Å²) < 4.78 is 0.463. The molecule has 0 aliphatic carbocycles. The van der Waals surface area contributed by atoms with Crippen molar-refractivity contribution in [3.8, 4) is 0 Å². The van der Waals surface area contributed by atoms with Gasteiger partial charge in [-0.15, -0.1) is 0 Å². The fourth-order valence-electron chi connectivity index (χ4n) is 1.77. The highest BCUT2D eigenvalue weighted by molar-refractivity contribution is 8.23. The number of hydrazone groups is 1. The van der Waals surface area contributed by atoms with Crippen molar-refractivity contribution in [1.82, 2.24) is 9.99 Å². The van der Waals surface area contributed by atoms with Crippen LogP contribution in [0.3, 0.4) is 0 Å². The summed E-state index contributed by atoms with van der Waals surface area (Å²) in [6, 6.07) is 9.32. The summed E-state index contributed by atoms with van der Waals surface area (Å²) in [6.45, 7) is 0. The number of hydrogen-bond acceptors (Lipinski definition) is 5. The summed E-state index contributed by atoms with van der Waals surface area (Å²) in [4.78, 5) is 16.0. The summed E-state index contributed by atoms with van der Waals surface area (Å²) in [7, 11) is 0. The van der Waals surface area contributed by atoms with Crippen LogP contribution in [0, 0.1) is 0 Å². The van der Waals surface area contributed by atoms with E-state index in [1.54, 1.807) is 6.07 Å². The molecule has 1 aromatic carbocycles. The predicted octanol–water partition coefficient (Wildman–Crippen LogP) is 3.08. The molecule has 1 saturated heterocycles. The summed E-state index contributed by atoms with van der Waals surface area (Å²) in [5.74, 6) is 0.225. The summed E-state index contributed by atoms with van der Waals surface area (Å²) in [5, 5.41) is 6.84. The van der Waals surface area contributed by atoms with Crippen LogP contribution in [0.2, 0.25) is 5.02 Å². The molecule has 4 nitrogen and oxygen atoms in total. The van der Waals surface area contributed by atoms with E-state index in [1.165, 1.54) is 23.0 Å². The Morgan fingerprint density at radius 3 is 3.00 bits per heavy atom. The van der Waals surface area contributed by atoms with Crippen LogP contribution in [0.4, 0.5) is 0 Å². The normalized spacial score (nSPS) is 15.8. The molecule has 3 rings (SSSR count). The average Bonchev–Trinajstić information content (AvgIpc) is 2.76. The minimum absolute atomic E-state index is 0.116. The summed E-state index contributed by atoms with van der Waals surface area (Å²) in [6.07, 6.45) is 1.51. The standard InChI is InChI=1S/C13H8ClN3OS2/c14-10-3-1-2-8-4-5-9(16-12(8)10)6-15-17-11(18)7-20-13(17)19/h1-6H,7H2. The highest BCUT2D eigenvalue weighted by atomic mass is 35.5. The molecule has 2 heterocycles. The molecular formula is C13H8ClN3OS2. The summed E-state index contributed by atoms with van der Waals surface area (Å²) in [5.41, 5.74) is 1.33. The Kier molecular flexibility index (Phi) is 3.69. The smallest absolute Gasteiger partial charge is 0.259 e. The van der Waals surface area contributed by atoms with E-state index in [0.29, 0.717) is 26.3 Å². The maximum atomic E-state index is 11.5. The zero-order chi connectivity index (χ0) is 14.1. The molecule has 0 spiro atoms. The predicted molar refractivity (Wildman–Crippen MR) is 86.2 cm³/mol. The molecule has 20 heavy (non-hydrogen) atoms. The fraction of sp³-hybridized carbons (Fsp3) is 0.0769. The molecular weight excluding hydrogens is 314 g/mol. The van der Waals surface area contributed by atoms with E-state index in [1.807, 2.05) is 24.3 Å². The molecule has 0 atom stereocenters. The van der Waals surface area contributed by atoms with E-state index in [4.69, 9.17) is 23.8 Å². The monoisotopic (exact) mass is 321 g/mol. The van der Waals surface area contributed by atoms with Gasteiger partial charge in [0.15, 0.2) is 4.32 Å². The van der Waals surface area contributed by atoms with E-state index >= 15 is 0 Å². The van der Waals surface area contributed by atoms with Crippen molar-refractivity contribution < 1.29 is 4.79 Å². The second-order valence-corrected chi connectivity index (χ2v) is 6.07. The van der Waals surface area contributed by atoms with Crippen LogP contribution >= 0.6 is 35.6 Å². The topological polar surface area (TPSA) is 45.6 Å². The number of benzene rings is 1. The number of nitrogens with zero attached hydrogens (tertiary/aromatic N) is 3. The average molecular weight is 322 g/mol. The number of pyridine rings is 1. The molecule has 7 heteroatoms. The van der Waals surface area contributed by atoms with Gasteiger partial charge >= 0.3 is 0 Å². The molecule has 0 radical (unpaired) electrons. The molecule has 100 valence electrons. The van der Waals surface area contributed by atoms with Crippen molar-refractivity contribution in [2.45, 2.75) is 0 Å². The number of thioether (sulfide) groups is 1. The molecule has 1 aromatic heterocycles. The Morgan fingerprint density at radius 1 is 1.40 bits per heavy atom. The van der Waals surface area contributed by atoms with Gasteiger partial charge in [0.05, 0.1) is 28.2 Å². The van der Waals surface area contributed by atoms with Gasteiger partial charge in [-0.3, -0.25) is 4.79 Å². The van der Waals surface area contributed by atoms with Crippen LogP contribution in [0.25, 0.3) is 10.9 Å². The first-order valence-corrected chi connectivity index (χ1v) is 7.51. The molecule has 0 unspecified atom stereocenters. The highest BCUT2D eigenvalue weighted by Crippen LogP contribution is 2.22. The minimum Gasteiger partial charge on any atom is -0.272 e. The van der Waals surface area contributed by atoms with Crippen LogP contribution in [0.5, 0.6) is 0 Å². The first-order chi connectivity index (χ1) is 9.65. The zero-order valence-electron chi connectivity index (χ0n) is 10.1. The lowest BCUT2D eigenvalue weighted by Crippen LogP contribution is -2.22. The maximum absolute atomic E-state index is 11.5. The Balaban J connectivity index is 1.93. The lowest BCUT2D eigenvalue weighted by molar-refractivity contribution is -0.123. The fourth-order valence-corrected chi connectivity index (χ4v) is 2.96. The van der Waals surface area contributed by atoms with Crippen molar-refractivity contribution in [3.63, 3.8) is 0 Å². The number of halogens is 1. The van der Waals surface area contributed by atoms with Gasteiger partial charge in [-0.05, 0) is 12.1 Å². The van der Waals surface area contributed by atoms with Gasteiger partial charge in [-0.25, -0.2) is 4.98 Å². The first-order valence-electron chi connectivity index (χ1n) is 5.74. The quantitative estimate of drug-likeness (QED) is 0.630. The van der Waals surface area contributed by atoms with Crippen molar-refractivity contribution in [1.29, 1.82) is 0 Å². The Morgan fingerprint density at radius 2 is 2.25 bits per heavy atom. The zero-order valence-corrected chi connectivity index (χ0v) is 12.5. The SMILES string of the molecule is O=C1CSC(=S)N1N=Cc1ccc2cccc(Cl)c2n1. The maximum Gasteiger partial charge on any atom is 0.259 e. The second kappa shape index (κ2) is 5.47. The summed E-state index contributed by atoms with van der Waals surface area (Å²) >= 11 is 12.5. The van der Waals surface area contributed by atoms with Crippen molar-refractivity contribution in [2.24, 2.45) is 5.10 Å². The van der Waals surface area contributed by atoms with Gasteiger partial charge in [0, 0.05) is 5.39 Å². The molecule has 0 saturated carbocycles. The van der Waals surface area contributed by atoms with Crippen molar-refractivity contribution >= 4 is 62.9 Å². The first kappa shape index (κ1) is 13.5. The second-order valence-electron chi connectivity index (χ2n) is 4.05. The number of rotatable bonds is 2. The van der Waals surface area contributed by atoms with Crippen LogP contribution in [0.1, 0.15) is 5.69 Å². The third-order valence-corrected chi connectivity index (χ3v) is 4.37. The number of hydrogen-bond donors (Lipinski definition) is 0. The van der Waals surface area contributed by atoms with Gasteiger partial charge in [0.2, 0.25) is 0 Å². The van der Waals surface area contributed by atoms with E-state index in [0.717, 1.165) is 5.39 Å². The number of thiocarbonyl (C=S) groups is 1. The van der Waals surface area contributed by atoms with Crippen LogP contribution in [0.15, 0.2) is 35.4 Å². The third kappa shape index (κ3) is 2.54. The molecule has 1 aliphatic rings. The number of aromatic nitrogens is 1. The highest BCUT2D eigenvalue weighted by Gasteiger charge is 2.25. The number of amides is 1. The van der Waals surface area contributed by atoms with E-state index in [2.05, 4.69) is 10.1 Å². The Labute approximate surface area is 129 Å². The van der Waals surface area contributed by atoms with E-state index in [9.17, 15) is 4.79 Å². The van der Waals surface area contributed by atoms with Gasteiger partial charge in [0.25, 0.3) is 5.91 Å². The van der Waals surface area contributed by atoms with Gasteiger partial charge in [0.1, 0.15) is 0 Å². The largest absolute Gasteiger partial charge is 0.272 e. The van der Waals surface area contributed by atoms with Crippen molar-refractivity contribution in [2.75, 3.05) is 5.75 Å². The van der Waals surface area contributed by atoms with Gasteiger partial charge in [-0.1, -0.05) is 53.8 Å². The molecule has 1 aliphatic heterocycles. The lowest BCUT2D eigenvalue weighted by atomic mass is 10.2. The lowest BCUT2D eigenvalue weighted by Gasteiger charge is -2.06. The van der Waals surface area contributed by atoms with Crippen LogP contribution < -0.4 is 0 Å². The molecule has 2 aromatic rings. The van der Waals surface area contributed by atoms with E-state index < -0.39 is 0 Å². The number of para-hydroxylation sites is 1. The Hall–Kier alpha value is -1.50. The van der Waals surface area contributed by atoms with Crippen LogP contribution in [-0.2, 0) is 4.79 Å². The molecule has 1 amide bonds. The third-order valence-electron chi connectivity index (χ3n) is 2.73. The van der Waals surface area contributed by atoms with Gasteiger partial charge in [-0.2, -0.15) is 10.1 Å². The molecule has 0 N–H and O–H groups in total. The Bertz CT molecular complexity index is 731. The minimum atomic E-state index is -0.116. The van der Waals surface area contributed by atoms with Crippen molar-refractivity contribution in [3.05, 3.63) is 41.0 Å². The molecule has 1 fully saturated rings. The number of carbonyl (C=O) groups is 1. The van der Waals surface area contributed by atoms with E-state index in [-0.39, 0.29) is 5.91 Å². The number of carbonyl (C=O) groups excluding carboxylic acids is 1. The number of fused-ring (bicyclic) bond motifs is 1. The van der Waals surface area contributed by atoms with Crippen LogP contribution in [-0.4, -0.2) is 32.2 Å². The van der Waals surface area contributed by atoms with Gasteiger partial charge < -0.3 is 0 Å². The molecule has 0 bridgehead atoms.